The minimum Gasteiger partial charge on any atom is -0.397 e. The van der Waals surface area contributed by atoms with Crippen molar-refractivity contribution >= 4 is 28.1 Å². The Morgan fingerprint density at radius 1 is 1.16 bits per heavy atom. The molecule has 0 radical (unpaired) electrons. The summed E-state index contributed by atoms with van der Waals surface area (Å²) in [7, 11) is 0. The number of anilines is 2. The normalized spacial score (nSPS) is 32.7. The number of rotatable bonds is 3. The fourth-order valence-corrected chi connectivity index (χ4v) is 6.58. The van der Waals surface area contributed by atoms with Crippen molar-refractivity contribution in [2.75, 3.05) is 11.1 Å². The number of hydrogen-bond donors (Lipinski definition) is 2. The van der Waals surface area contributed by atoms with Crippen LogP contribution in [0.2, 0.25) is 0 Å². The van der Waals surface area contributed by atoms with Gasteiger partial charge >= 0.3 is 0 Å². The summed E-state index contributed by atoms with van der Waals surface area (Å²) >= 11 is 1.53. The molecule has 4 fully saturated rings. The molecule has 2 aromatic rings. The zero-order valence-electron chi connectivity index (χ0n) is 13.9. The van der Waals surface area contributed by atoms with Crippen LogP contribution in [0.5, 0.6) is 0 Å². The van der Waals surface area contributed by atoms with Crippen molar-refractivity contribution in [3.8, 4) is 0 Å². The lowest BCUT2D eigenvalue weighted by Gasteiger charge is -2.55. The fourth-order valence-electron chi connectivity index (χ4n) is 5.62. The Bertz CT molecular complexity index is 797. The zero-order chi connectivity index (χ0) is 17.0. The van der Waals surface area contributed by atoms with Crippen molar-refractivity contribution < 1.29 is 4.79 Å². The Hall–Kier alpha value is -2.02. The standard InChI is InChI=1S/C18H21N5OS/c19-13-2-1-3-20-14(13)15(24)21-17-23-22-16(25-17)18-7-10-4-11(8-18)6-12(5-10)9-18/h1-3,10-12H,4-9,19H2,(H,21,23,24). The summed E-state index contributed by atoms with van der Waals surface area (Å²) in [5.74, 6) is 2.26. The first-order chi connectivity index (χ1) is 12.1. The molecule has 25 heavy (non-hydrogen) atoms. The van der Waals surface area contributed by atoms with Gasteiger partial charge in [0.1, 0.15) is 5.01 Å². The summed E-state index contributed by atoms with van der Waals surface area (Å²) in [6.45, 7) is 0. The molecule has 0 aromatic carbocycles. The second-order valence-electron chi connectivity index (χ2n) is 8.01. The van der Waals surface area contributed by atoms with Crippen LogP contribution in [0.15, 0.2) is 18.3 Å². The van der Waals surface area contributed by atoms with Crippen molar-refractivity contribution in [3.05, 3.63) is 29.0 Å². The van der Waals surface area contributed by atoms with E-state index in [0.717, 1.165) is 22.8 Å². The minimum absolute atomic E-state index is 0.208. The van der Waals surface area contributed by atoms with Gasteiger partial charge in [0.15, 0.2) is 5.69 Å². The number of amides is 1. The van der Waals surface area contributed by atoms with Gasteiger partial charge in [-0.05, 0) is 68.4 Å². The van der Waals surface area contributed by atoms with E-state index in [2.05, 4.69) is 20.5 Å². The van der Waals surface area contributed by atoms with Gasteiger partial charge in [-0.25, -0.2) is 4.98 Å². The molecule has 0 unspecified atom stereocenters. The van der Waals surface area contributed by atoms with E-state index in [0.29, 0.717) is 10.8 Å². The molecule has 0 spiro atoms. The molecule has 0 saturated heterocycles. The summed E-state index contributed by atoms with van der Waals surface area (Å²) in [6, 6.07) is 3.38. The molecule has 4 bridgehead atoms. The van der Waals surface area contributed by atoms with E-state index in [1.165, 1.54) is 49.9 Å². The largest absolute Gasteiger partial charge is 0.397 e. The van der Waals surface area contributed by atoms with Crippen LogP contribution in [-0.4, -0.2) is 21.1 Å². The van der Waals surface area contributed by atoms with Gasteiger partial charge in [0.2, 0.25) is 5.13 Å². The van der Waals surface area contributed by atoms with Gasteiger partial charge in [0, 0.05) is 11.6 Å². The maximum atomic E-state index is 12.4. The van der Waals surface area contributed by atoms with Gasteiger partial charge in [-0.3, -0.25) is 10.1 Å². The summed E-state index contributed by atoms with van der Waals surface area (Å²) < 4.78 is 0. The Balaban J connectivity index is 1.38. The minimum atomic E-state index is -0.327. The SMILES string of the molecule is Nc1cccnc1C(=O)Nc1nnc(C23CC4CC(CC(C4)C2)C3)s1. The number of nitrogens with one attached hydrogen (secondary N) is 1. The van der Waals surface area contributed by atoms with E-state index >= 15 is 0 Å². The number of pyridine rings is 1. The Morgan fingerprint density at radius 2 is 1.84 bits per heavy atom. The molecule has 3 N–H and O–H groups in total. The van der Waals surface area contributed by atoms with Crippen molar-refractivity contribution in [2.45, 2.75) is 43.9 Å². The number of carbonyl (C=O) groups is 1. The van der Waals surface area contributed by atoms with E-state index in [-0.39, 0.29) is 17.0 Å². The Labute approximate surface area is 150 Å². The zero-order valence-corrected chi connectivity index (χ0v) is 14.8. The van der Waals surface area contributed by atoms with Crippen LogP contribution < -0.4 is 11.1 Å². The summed E-state index contributed by atoms with van der Waals surface area (Å²) in [5, 5.41) is 13.2. The van der Waals surface area contributed by atoms with Crippen LogP contribution in [0.1, 0.15) is 54.0 Å². The molecule has 6 nitrogen and oxygen atoms in total. The third-order valence-electron chi connectivity index (χ3n) is 6.19. The topological polar surface area (TPSA) is 93.8 Å². The highest BCUT2D eigenvalue weighted by Crippen LogP contribution is 2.61. The summed E-state index contributed by atoms with van der Waals surface area (Å²) in [4.78, 5) is 16.4. The Morgan fingerprint density at radius 3 is 2.48 bits per heavy atom. The first-order valence-electron chi connectivity index (χ1n) is 8.97. The van der Waals surface area contributed by atoms with Gasteiger partial charge < -0.3 is 5.73 Å². The van der Waals surface area contributed by atoms with Crippen molar-refractivity contribution in [1.29, 1.82) is 0 Å². The second-order valence-corrected chi connectivity index (χ2v) is 8.98. The number of nitrogen functional groups attached to an aromatic ring is 1. The third-order valence-corrected chi connectivity index (χ3v) is 7.28. The van der Waals surface area contributed by atoms with Crippen LogP contribution in [-0.2, 0) is 5.41 Å². The number of hydrogen-bond acceptors (Lipinski definition) is 6. The van der Waals surface area contributed by atoms with Crippen LogP contribution in [0.3, 0.4) is 0 Å². The molecule has 1 amide bonds. The molecule has 4 saturated carbocycles. The number of nitrogens with two attached hydrogens (primary N) is 1. The molecule has 7 heteroatoms. The molecule has 6 rings (SSSR count). The second kappa shape index (κ2) is 5.49. The van der Waals surface area contributed by atoms with Crippen LogP contribution in [0, 0.1) is 17.8 Å². The first-order valence-corrected chi connectivity index (χ1v) is 9.79. The summed E-state index contributed by atoms with van der Waals surface area (Å²) in [5.41, 5.74) is 6.63. The average molecular weight is 355 g/mol. The Kier molecular flexibility index (Phi) is 3.35. The predicted molar refractivity (Wildman–Crippen MR) is 96.4 cm³/mol. The third kappa shape index (κ3) is 2.52. The van der Waals surface area contributed by atoms with Gasteiger partial charge in [-0.2, -0.15) is 0 Å². The van der Waals surface area contributed by atoms with E-state index in [1.807, 2.05) is 0 Å². The monoisotopic (exact) mass is 355 g/mol. The number of aromatic nitrogens is 3. The van der Waals surface area contributed by atoms with Crippen LogP contribution in [0.4, 0.5) is 10.8 Å². The molecule has 4 aliphatic carbocycles. The van der Waals surface area contributed by atoms with Crippen LogP contribution >= 0.6 is 11.3 Å². The van der Waals surface area contributed by atoms with Crippen LogP contribution in [0.25, 0.3) is 0 Å². The van der Waals surface area contributed by atoms with E-state index in [4.69, 9.17) is 5.73 Å². The summed E-state index contributed by atoms with van der Waals surface area (Å²) in [6.07, 6.45) is 9.51. The van der Waals surface area contributed by atoms with Gasteiger partial charge in [-0.1, -0.05) is 11.3 Å². The molecule has 2 heterocycles. The highest BCUT2D eigenvalue weighted by Gasteiger charge is 2.53. The number of nitrogens with zero attached hydrogens (tertiary/aromatic N) is 3. The van der Waals surface area contributed by atoms with Gasteiger partial charge in [-0.15, -0.1) is 10.2 Å². The van der Waals surface area contributed by atoms with E-state index in [9.17, 15) is 4.79 Å². The van der Waals surface area contributed by atoms with E-state index < -0.39 is 0 Å². The maximum Gasteiger partial charge on any atom is 0.278 e. The van der Waals surface area contributed by atoms with E-state index in [1.54, 1.807) is 18.3 Å². The molecule has 130 valence electrons. The molecule has 4 aliphatic rings. The smallest absolute Gasteiger partial charge is 0.278 e. The van der Waals surface area contributed by atoms with Crippen molar-refractivity contribution in [3.63, 3.8) is 0 Å². The quantitative estimate of drug-likeness (QED) is 0.881. The van der Waals surface area contributed by atoms with Gasteiger partial charge in [0.05, 0.1) is 5.69 Å². The lowest BCUT2D eigenvalue weighted by Crippen LogP contribution is -2.48. The lowest BCUT2D eigenvalue weighted by molar-refractivity contribution is -0.00555. The molecular weight excluding hydrogens is 334 g/mol. The molecule has 0 atom stereocenters. The van der Waals surface area contributed by atoms with Crippen molar-refractivity contribution in [1.82, 2.24) is 15.2 Å². The lowest BCUT2D eigenvalue weighted by atomic mass is 9.50. The highest BCUT2D eigenvalue weighted by atomic mass is 32.1. The van der Waals surface area contributed by atoms with Gasteiger partial charge in [0.25, 0.3) is 5.91 Å². The molecule has 0 aliphatic heterocycles. The van der Waals surface area contributed by atoms with Crippen molar-refractivity contribution in [2.24, 2.45) is 17.8 Å². The maximum absolute atomic E-state index is 12.4. The molecule has 2 aromatic heterocycles. The average Bonchev–Trinajstić information content (AvgIpc) is 3.03. The fraction of sp³-hybridized carbons (Fsp3) is 0.556. The highest BCUT2D eigenvalue weighted by molar-refractivity contribution is 7.15. The predicted octanol–water partition coefficient (Wildman–Crippen LogP) is 3.24. The number of carbonyl (C=O) groups excluding carboxylic acids is 1. The molecular formula is C18H21N5OS. The first kappa shape index (κ1) is 15.3.